The first-order valence-corrected chi connectivity index (χ1v) is 7.21. The Labute approximate surface area is 112 Å². The van der Waals surface area contributed by atoms with Crippen LogP contribution in [0.2, 0.25) is 0 Å². The van der Waals surface area contributed by atoms with Crippen LogP contribution < -0.4 is 5.32 Å². The summed E-state index contributed by atoms with van der Waals surface area (Å²) in [7, 11) is 0. The summed E-state index contributed by atoms with van der Waals surface area (Å²) in [5.41, 5.74) is 2.42. The van der Waals surface area contributed by atoms with Crippen molar-refractivity contribution in [1.82, 2.24) is 5.32 Å². The van der Waals surface area contributed by atoms with Gasteiger partial charge in [0.15, 0.2) is 0 Å². The highest BCUT2D eigenvalue weighted by atomic mass is 14.9. The van der Waals surface area contributed by atoms with Crippen molar-refractivity contribution in [1.29, 1.82) is 0 Å². The molecule has 1 N–H and O–H groups in total. The molecule has 0 amide bonds. The van der Waals surface area contributed by atoms with Gasteiger partial charge in [0.2, 0.25) is 0 Å². The molecular formula is C17H27N. The lowest BCUT2D eigenvalue weighted by atomic mass is 9.99. The van der Waals surface area contributed by atoms with E-state index in [1.54, 1.807) is 0 Å². The van der Waals surface area contributed by atoms with Gasteiger partial charge in [-0.2, -0.15) is 0 Å². The van der Waals surface area contributed by atoms with E-state index in [0.717, 1.165) is 19.0 Å². The Balaban J connectivity index is 2.26. The molecule has 1 rings (SSSR count). The third-order valence-corrected chi connectivity index (χ3v) is 3.50. The number of hydrogen-bond donors (Lipinski definition) is 1. The fourth-order valence-electron chi connectivity index (χ4n) is 2.15. The zero-order valence-electron chi connectivity index (χ0n) is 11.9. The standard InChI is InChI=1S/C17H27N/c1-4-6-10-16(5-2)14-18-13-15(3)17-11-8-7-9-12-17/h7-9,11-12,16,18H,3-6,10,13-14H2,1-2H3. The number of unbranched alkanes of at least 4 members (excludes halogenated alkanes) is 1. The summed E-state index contributed by atoms with van der Waals surface area (Å²) in [5.74, 6) is 0.813. The van der Waals surface area contributed by atoms with E-state index in [0.29, 0.717) is 0 Å². The topological polar surface area (TPSA) is 12.0 Å². The van der Waals surface area contributed by atoms with Gasteiger partial charge in [-0.1, -0.05) is 70.0 Å². The van der Waals surface area contributed by atoms with Crippen molar-refractivity contribution in [3.63, 3.8) is 0 Å². The van der Waals surface area contributed by atoms with E-state index < -0.39 is 0 Å². The quantitative estimate of drug-likeness (QED) is 0.675. The summed E-state index contributed by atoms with van der Waals surface area (Å²) in [6.07, 6.45) is 5.26. The summed E-state index contributed by atoms with van der Waals surface area (Å²) >= 11 is 0. The molecular weight excluding hydrogens is 218 g/mol. The normalized spacial score (nSPS) is 12.3. The first-order valence-electron chi connectivity index (χ1n) is 7.21. The molecule has 0 aliphatic rings. The van der Waals surface area contributed by atoms with E-state index in [-0.39, 0.29) is 0 Å². The Morgan fingerprint density at radius 1 is 1.22 bits per heavy atom. The molecule has 1 unspecified atom stereocenters. The van der Waals surface area contributed by atoms with Crippen molar-refractivity contribution in [2.24, 2.45) is 5.92 Å². The first kappa shape index (κ1) is 15.0. The molecule has 0 radical (unpaired) electrons. The molecule has 0 aromatic heterocycles. The molecule has 1 atom stereocenters. The highest BCUT2D eigenvalue weighted by Crippen LogP contribution is 2.13. The van der Waals surface area contributed by atoms with Gasteiger partial charge in [0.25, 0.3) is 0 Å². The second kappa shape index (κ2) is 8.93. The summed E-state index contributed by atoms with van der Waals surface area (Å²) in [5, 5.41) is 3.54. The summed E-state index contributed by atoms with van der Waals surface area (Å²) in [4.78, 5) is 0. The van der Waals surface area contributed by atoms with Gasteiger partial charge in [0.05, 0.1) is 0 Å². The van der Waals surface area contributed by atoms with E-state index in [1.807, 2.05) is 6.07 Å². The Bertz CT molecular complexity index is 329. The number of nitrogens with one attached hydrogen (secondary N) is 1. The van der Waals surface area contributed by atoms with E-state index in [2.05, 4.69) is 50.0 Å². The number of benzene rings is 1. The van der Waals surface area contributed by atoms with Gasteiger partial charge in [-0.15, -0.1) is 0 Å². The second-order valence-electron chi connectivity index (χ2n) is 5.02. The molecule has 18 heavy (non-hydrogen) atoms. The van der Waals surface area contributed by atoms with Crippen molar-refractivity contribution < 1.29 is 0 Å². The van der Waals surface area contributed by atoms with Crippen LogP contribution in [-0.4, -0.2) is 13.1 Å². The van der Waals surface area contributed by atoms with Crippen molar-refractivity contribution in [2.75, 3.05) is 13.1 Å². The molecule has 0 aliphatic carbocycles. The highest BCUT2D eigenvalue weighted by molar-refractivity contribution is 5.64. The van der Waals surface area contributed by atoms with Gasteiger partial charge >= 0.3 is 0 Å². The van der Waals surface area contributed by atoms with E-state index in [1.165, 1.54) is 36.8 Å². The Kier molecular flexibility index (Phi) is 7.43. The van der Waals surface area contributed by atoms with Gasteiger partial charge in [0.1, 0.15) is 0 Å². The van der Waals surface area contributed by atoms with Gasteiger partial charge in [0, 0.05) is 6.54 Å². The third kappa shape index (κ3) is 5.50. The van der Waals surface area contributed by atoms with Crippen LogP contribution in [0.1, 0.15) is 45.1 Å². The van der Waals surface area contributed by atoms with Crippen LogP contribution in [0.15, 0.2) is 36.9 Å². The lowest BCUT2D eigenvalue weighted by molar-refractivity contribution is 0.429. The smallest absolute Gasteiger partial charge is 0.0205 e. The molecule has 0 bridgehead atoms. The molecule has 0 fully saturated rings. The molecule has 0 spiro atoms. The van der Waals surface area contributed by atoms with Crippen LogP contribution in [0, 0.1) is 5.92 Å². The van der Waals surface area contributed by atoms with Gasteiger partial charge in [-0.25, -0.2) is 0 Å². The fraction of sp³-hybridized carbons (Fsp3) is 0.529. The Morgan fingerprint density at radius 2 is 1.94 bits per heavy atom. The van der Waals surface area contributed by atoms with Crippen LogP contribution in [0.3, 0.4) is 0 Å². The minimum Gasteiger partial charge on any atom is -0.312 e. The van der Waals surface area contributed by atoms with Gasteiger partial charge < -0.3 is 5.32 Å². The number of hydrogen-bond acceptors (Lipinski definition) is 1. The maximum absolute atomic E-state index is 4.15. The molecule has 0 heterocycles. The van der Waals surface area contributed by atoms with Crippen molar-refractivity contribution in [3.8, 4) is 0 Å². The second-order valence-corrected chi connectivity index (χ2v) is 5.02. The number of rotatable bonds is 9. The lowest BCUT2D eigenvalue weighted by Gasteiger charge is -2.16. The molecule has 100 valence electrons. The van der Waals surface area contributed by atoms with Crippen molar-refractivity contribution in [3.05, 3.63) is 42.5 Å². The summed E-state index contributed by atoms with van der Waals surface area (Å²) in [6.45, 7) is 10.7. The summed E-state index contributed by atoms with van der Waals surface area (Å²) < 4.78 is 0. The molecule has 1 heteroatoms. The van der Waals surface area contributed by atoms with Crippen LogP contribution in [0.5, 0.6) is 0 Å². The van der Waals surface area contributed by atoms with Gasteiger partial charge in [-0.3, -0.25) is 0 Å². The van der Waals surface area contributed by atoms with Crippen molar-refractivity contribution >= 4 is 5.57 Å². The van der Waals surface area contributed by atoms with Crippen LogP contribution in [0.25, 0.3) is 5.57 Å². The zero-order chi connectivity index (χ0) is 13.2. The van der Waals surface area contributed by atoms with Crippen LogP contribution >= 0.6 is 0 Å². The third-order valence-electron chi connectivity index (χ3n) is 3.50. The Morgan fingerprint density at radius 3 is 2.56 bits per heavy atom. The average molecular weight is 245 g/mol. The predicted molar refractivity (Wildman–Crippen MR) is 81.7 cm³/mol. The molecule has 1 aromatic rings. The molecule has 0 saturated heterocycles. The Hall–Kier alpha value is -1.08. The minimum absolute atomic E-state index is 0.813. The maximum atomic E-state index is 4.15. The van der Waals surface area contributed by atoms with Gasteiger partial charge in [-0.05, 0) is 30.0 Å². The summed E-state index contributed by atoms with van der Waals surface area (Å²) in [6, 6.07) is 10.4. The van der Waals surface area contributed by atoms with E-state index in [9.17, 15) is 0 Å². The average Bonchev–Trinajstić information content (AvgIpc) is 2.43. The maximum Gasteiger partial charge on any atom is 0.0205 e. The van der Waals surface area contributed by atoms with E-state index in [4.69, 9.17) is 0 Å². The van der Waals surface area contributed by atoms with Crippen molar-refractivity contribution in [2.45, 2.75) is 39.5 Å². The first-order chi connectivity index (χ1) is 8.77. The highest BCUT2D eigenvalue weighted by Gasteiger charge is 2.05. The fourth-order valence-corrected chi connectivity index (χ4v) is 2.15. The zero-order valence-corrected chi connectivity index (χ0v) is 11.9. The largest absolute Gasteiger partial charge is 0.312 e. The van der Waals surface area contributed by atoms with Crippen LogP contribution in [-0.2, 0) is 0 Å². The molecule has 0 saturated carbocycles. The molecule has 0 aliphatic heterocycles. The predicted octanol–water partition coefficient (Wildman–Crippen LogP) is 4.51. The molecule has 1 nitrogen and oxygen atoms in total. The monoisotopic (exact) mass is 245 g/mol. The minimum atomic E-state index is 0.813. The molecule has 1 aromatic carbocycles. The SMILES string of the molecule is C=C(CNCC(CC)CCCC)c1ccccc1. The van der Waals surface area contributed by atoms with Crippen LogP contribution in [0.4, 0.5) is 0 Å². The van der Waals surface area contributed by atoms with E-state index >= 15 is 0 Å². The lowest BCUT2D eigenvalue weighted by Crippen LogP contribution is -2.24.